The summed E-state index contributed by atoms with van der Waals surface area (Å²) in [6.45, 7) is 3.40. The van der Waals surface area contributed by atoms with Crippen LogP contribution in [0.15, 0.2) is 60.0 Å². The van der Waals surface area contributed by atoms with E-state index in [1.165, 1.54) is 4.88 Å². The maximum Gasteiger partial charge on any atom is 0.254 e. The van der Waals surface area contributed by atoms with Gasteiger partial charge in [0.25, 0.3) is 5.91 Å². The van der Waals surface area contributed by atoms with Crippen LogP contribution in [0.1, 0.15) is 40.2 Å². The minimum Gasteiger partial charge on any atom is -0.491 e. The van der Waals surface area contributed by atoms with Crippen LogP contribution in [0.2, 0.25) is 10.0 Å². The summed E-state index contributed by atoms with van der Waals surface area (Å²) in [5.74, 6) is 0.410. The molecule has 0 saturated carbocycles. The van der Waals surface area contributed by atoms with Crippen LogP contribution in [0, 0.1) is 0 Å². The van der Waals surface area contributed by atoms with Crippen molar-refractivity contribution in [1.82, 2.24) is 9.80 Å². The van der Waals surface area contributed by atoms with E-state index < -0.39 is 0 Å². The zero-order chi connectivity index (χ0) is 24.1. The van der Waals surface area contributed by atoms with Crippen LogP contribution in [0.4, 0.5) is 0 Å². The van der Waals surface area contributed by atoms with Gasteiger partial charge < -0.3 is 14.5 Å². The Labute approximate surface area is 213 Å². The number of nitrogens with zero attached hydrogens (tertiary/aromatic N) is 2. The highest BCUT2D eigenvalue weighted by molar-refractivity contribution is 7.10. The van der Waals surface area contributed by atoms with Gasteiger partial charge in [-0.2, -0.15) is 0 Å². The highest BCUT2D eigenvalue weighted by atomic mass is 35.5. The van der Waals surface area contributed by atoms with Crippen molar-refractivity contribution in [3.05, 3.63) is 86.0 Å². The van der Waals surface area contributed by atoms with Gasteiger partial charge in [-0.3, -0.25) is 9.59 Å². The van der Waals surface area contributed by atoms with Crippen molar-refractivity contribution >= 4 is 46.4 Å². The lowest BCUT2D eigenvalue weighted by atomic mass is 10.0. The summed E-state index contributed by atoms with van der Waals surface area (Å²) in [4.78, 5) is 31.4. The Hall–Kier alpha value is -2.54. The number of hydrogen-bond acceptors (Lipinski definition) is 4. The van der Waals surface area contributed by atoms with Crippen molar-refractivity contribution in [3.8, 4) is 5.75 Å². The molecule has 1 atom stereocenters. The zero-order valence-corrected chi connectivity index (χ0v) is 21.2. The third-order valence-corrected chi connectivity index (χ3v) is 7.30. The second-order valence-electron chi connectivity index (χ2n) is 8.15. The lowest BCUT2D eigenvalue weighted by Gasteiger charge is -2.37. The summed E-state index contributed by atoms with van der Waals surface area (Å²) >= 11 is 13.8. The average Bonchev–Trinajstić information content (AvgIpc) is 3.32. The Morgan fingerprint density at radius 1 is 1.12 bits per heavy atom. The molecule has 0 aliphatic carbocycles. The molecule has 2 aromatic carbocycles. The van der Waals surface area contributed by atoms with Gasteiger partial charge in [0.2, 0.25) is 5.91 Å². The first-order valence-electron chi connectivity index (χ1n) is 11.2. The molecule has 0 N–H and O–H groups in total. The number of benzene rings is 2. The first-order valence-corrected chi connectivity index (χ1v) is 12.9. The second-order valence-corrected chi connectivity index (χ2v) is 10.0. The molecule has 34 heavy (non-hydrogen) atoms. The molecule has 8 heteroatoms. The first-order chi connectivity index (χ1) is 16.5. The number of amides is 2. The van der Waals surface area contributed by atoms with Gasteiger partial charge in [0.05, 0.1) is 6.04 Å². The van der Waals surface area contributed by atoms with E-state index in [0.29, 0.717) is 41.1 Å². The van der Waals surface area contributed by atoms with E-state index in [1.54, 1.807) is 52.6 Å². The van der Waals surface area contributed by atoms with Crippen LogP contribution in [-0.4, -0.2) is 47.9 Å². The van der Waals surface area contributed by atoms with E-state index in [9.17, 15) is 9.59 Å². The number of thiophene rings is 1. The molecule has 0 fully saturated rings. The molecule has 1 aromatic heterocycles. The average molecular weight is 517 g/mol. The zero-order valence-electron chi connectivity index (χ0n) is 18.9. The van der Waals surface area contributed by atoms with Crippen LogP contribution in [0.3, 0.4) is 0 Å². The fraction of sp³-hybridized carbons (Fsp3) is 0.308. The van der Waals surface area contributed by atoms with Crippen LogP contribution in [-0.2, 0) is 11.2 Å². The smallest absolute Gasteiger partial charge is 0.254 e. The summed E-state index contributed by atoms with van der Waals surface area (Å²) in [6.07, 6.45) is 1.55. The van der Waals surface area contributed by atoms with Crippen LogP contribution >= 0.6 is 34.5 Å². The van der Waals surface area contributed by atoms with Gasteiger partial charge in [-0.25, -0.2) is 0 Å². The second kappa shape index (κ2) is 11.3. The summed E-state index contributed by atoms with van der Waals surface area (Å²) < 4.78 is 6.05. The summed E-state index contributed by atoms with van der Waals surface area (Å²) in [7, 11) is 0. The van der Waals surface area contributed by atoms with Gasteiger partial charge >= 0.3 is 0 Å². The lowest BCUT2D eigenvalue weighted by molar-refractivity contribution is -0.135. The summed E-state index contributed by atoms with van der Waals surface area (Å²) in [6, 6.07) is 15.9. The van der Waals surface area contributed by atoms with E-state index in [0.717, 1.165) is 18.4 Å². The van der Waals surface area contributed by atoms with E-state index in [4.69, 9.17) is 27.9 Å². The van der Waals surface area contributed by atoms with Crippen molar-refractivity contribution in [3.63, 3.8) is 0 Å². The molecule has 2 amide bonds. The Morgan fingerprint density at radius 2 is 1.91 bits per heavy atom. The van der Waals surface area contributed by atoms with E-state index >= 15 is 0 Å². The molecule has 4 rings (SSSR count). The van der Waals surface area contributed by atoms with Gasteiger partial charge in [0, 0.05) is 33.6 Å². The van der Waals surface area contributed by atoms with E-state index in [1.807, 2.05) is 24.0 Å². The molecule has 1 aliphatic rings. The maximum atomic E-state index is 13.5. The normalized spacial score (nSPS) is 15.0. The van der Waals surface area contributed by atoms with Crippen LogP contribution in [0.5, 0.6) is 5.75 Å². The summed E-state index contributed by atoms with van der Waals surface area (Å²) in [5, 5.41) is 3.19. The topological polar surface area (TPSA) is 49.9 Å². The molecule has 0 spiro atoms. The number of hydrogen-bond donors (Lipinski definition) is 0. The molecule has 178 valence electrons. The SMILES string of the molecule is CCCN(CC(=O)N1CCc2sccc2[C@@H]1COc1ccc(Cl)cc1)C(=O)c1cccc(Cl)c1. The minimum absolute atomic E-state index is 0.0100. The van der Waals surface area contributed by atoms with Crippen molar-refractivity contribution in [2.45, 2.75) is 25.8 Å². The van der Waals surface area contributed by atoms with Crippen molar-refractivity contribution in [2.75, 3.05) is 26.2 Å². The Kier molecular flexibility index (Phi) is 8.14. The Morgan fingerprint density at radius 3 is 2.65 bits per heavy atom. The lowest BCUT2D eigenvalue weighted by Crippen LogP contribution is -2.48. The molecule has 0 bridgehead atoms. The van der Waals surface area contributed by atoms with Gasteiger partial charge in [-0.1, -0.05) is 36.2 Å². The summed E-state index contributed by atoms with van der Waals surface area (Å²) in [5.41, 5.74) is 1.59. The Balaban J connectivity index is 1.51. The predicted octanol–water partition coefficient (Wildman–Crippen LogP) is 6.11. The molecule has 1 aliphatic heterocycles. The highest BCUT2D eigenvalue weighted by Gasteiger charge is 2.33. The van der Waals surface area contributed by atoms with Gasteiger partial charge in [-0.05, 0) is 72.3 Å². The number of carbonyl (C=O) groups is 2. The molecular formula is C26H26Cl2N2O3S. The standard InChI is InChI=1S/C26H26Cl2N2O3S/c1-2-12-29(26(32)18-4-3-5-20(28)15-18)16-25(31)30-13-10-24-22(11-14-34-24)23(30)17-33-21-8-6-19(27)7-9-21/h3-9,11,14-15,23H,2,10,12-13,16-17H2,1H3/t23-/m0/s1. The molecule has 0 radical (unpaired) electrons. The third-order valence-electron chi connectivity index (χ3n) is 5.82. The predicted molar refractivity (Wildman–Crippen MR) is 137 cm³/mol. The third kappa shape index (κ3) is 5.74. The molecule has 0 unspecified atom stereocenters. The monoisotopic (exact) mass is 516 g/mol. The molecule has 2 heterocycles. The molecule has 0 saturated heterocycles. The molecule has 3 aromatic rings. The molecule has 5 nitrogen and oxygen atoms in total. The van der Waals surface area contributed by atoms with E-state index in [-0.39, 0.29) is 24.4 Å². The van der Waals surface area contributed by atoms with Gasteiger partial charge in [0.1, 0.15) is 18.9 Å². The van der Waals surface area contributed by atoms with Crippen LogP contribution < -0.4 is 4.74 Å². The van der Waals surface area contributed by atoms with E-state index in [2.05, 4.69) is 11.4 Å². The number of rotatable bonds is 8. The molecular weight excluding hydrogens is 491 g/mol. The number of halogens is 2. The Bertz CT molecular complexity index is 1150. The maximum absolute atomic E-state index is 13.5. The van der Waals surface area contributed by atoms with Crippen molar-refractivity contribution < 1.29 is 14.3 Å². The number of carbonyl (C=O) groups excluding carboxylic acids is 2. The van der Waals surface area contributed by atoms with Crippen LogP contribution in [0.25, 0.3) is 0 Å². The van der Waals surface area contributed by atoms with Gasteiger partial charge in [0.15, 0.2) is 0 Å². The van der Waals surface area contributed by atoms with Crippen molar-refractivity contribution in [2.24, 2.45) is 0 Å². The van der Waals surface area contributed by atoms with Crippen molar-refractivity contribution in [1.29, 1.82) is 0 Å². The largest absolute Gasteiger partial charge is 0.491 e. The highest BCUT2D eigenvalue weighted by Crippen LogP contribution is 2.34. The fourth-order valence-electron chi connectivity index (χ4n) is 4.16. The number of fused-ring (bicyclic) bond motifs is 1. The number of ether oxygens (including phenoxy) is 1. The minimum atomic E-state index is -0.220. The fourth-order valence-corrected chi connectivity index (χ4v) is 5.41. The first kappa shape index (κ1) is 24.6. The van der Waals surface area contributed by atoms with Gasteiger partial charge in [-0.15, -0.1) is 11.3 Å². The quantitative estimate of drug-likeness (QED) is 0.362.